The number of amides is 1. The Morgan fingerprint density at radius 1 is 1.33 bits per heavy atom. The van der Waals surface area contributed by atoms with Gasteiger partial charge in [0, 0.05) is 32.1 Å². The number of hydrogen-bond donors (Lipinski definition) is 1. The van der Waals surface area contributed by atoms with Crippen molar-refractivity contribution in [2.45, 2.75) is 45.3 Å². The van der Waals surface area contributed by atoms with Crippen LogP contribution in [0.15, 0.2) is 36.9 Å². The molecule has 1 aliphatic heterocycles. The summed E-state index contributed by atoms with van der Waals surface area (Å²) in [6.45, 7) is 5.50. The highest BCUT2D eigenvalue weighted by Crippen LogP contribution is 2.21. The topological polar surface area (TPSA) is 63.1 Å². The van der Waals surface area contributed by atoms with E-state index in [1.165, 1.54) is 17.5 Å². The third-order valence-electron chi connectivity index (χ3n) is 4.72. The largest absolute Gasteiger partial charge is 0.354 e. The first-order valence-corrected chi connectivity index (χ1v) is 8.66. The molecule has 1 atom stereocenters. The lowest BCUT2D eigenvalue weighted by atomic mass is 9.98. The molecule has 1 aromatic heterocycles. The third kappa shape index (κ3) is 4.20. The molecule has 1 N–H and O–H groups in total. The summed E-state index contributed by atoms with van der Waals surface area (Å²) in [6, 6.07) is 9.04. The van der Waals surface area contributed by atoms with Gasteiger partial charge in [0.25, 0.3) is 0 Å². The minimum atomic E-state index is 0.0707. The van der Waals surface area contributed by atoms with E-state index in [1.807, 2.05) is 0 Å². The minimum absolute atomic E-state index is 0.0707. The van der Waals surface area contributed by atoms with Gasteiger partial charge >= 0.3 is 0 Å². The number of carbonyl (C=O) groups excluding carboxylic acids is 1. The smallest absolute Gasteiger partial charge is 0.221 e. The van der Waals surface area contributed by atoms with Crippen molar-refractivity contribution in [2.75, 3.05) is 13.1 Å². The monoisotopic (exact) mass is 327 g/mol. The van der Waals surface area contributed by atoms with E-state index in [0.717, 1.165) is 25.9 Å². The van der Waals surface area contributed by atoms with Crippen molar-refractivity contribution in [1.82, 2.24) is 25.0 Å². The molecular weight excluding hydrogens is 302 g/mol. The molecule has 2 heterocycles. The predicted molar refractivity (Wildman–Crippen MR) is 92.3 cm³/mol. The summed E-state index contributed by atoms with van der Waals surface area (Å²) in [5.41, 5.74) is 2.88. The number of carbonyl (C=O) groups is 1. The first-order chi connectivity index (χ1) is 11.8. The van der Waals surface area contributed by atoms with Crippen LogP contribution >= 0.6 is 0 Å². The Hall–Kier alpha value is -2.21. The molecule has 0 saturated carbocycles. The van der Waals surface area contributed by atoms with Crippen LogP contribution in [0.2, 0.25) is 0 Å². The Bertz CT molecular complexity index is 655. The second kappa shape index (κ2) is 8.06. The zero-order valence-electron chi connectivity index (χ0n) is 14.2. The van der Waals surface area contributed by atoms with E-state index < -0.39 is 0 Å². The molecule has 2 aromatic rings. The Balaban J connectivity index is 1.47. The lowest BCUT2D eigenvalue weighted by molar-refractivity contribution is -0.121. The SMILES string of the molecule is CC[C@@H](CNC(=O)CCn1cncn1)N1CCc2ccccc2C1. The Kier molecular flexibility index (Phi) is 5.59. The van der Waals surface area contributed by atoms with Crippen LogP contribution in [0.5, 0.6) is 0 Å². The van der Waals surface area contributed by atoms with E-state index in [2.05, 4.69) is 51.5 Å². The maximum absolute atomic E-state index is 12.0. The molecule has 0 bridgehead atoms. The van der Waals surface area contributed by atoms with Crippen LogP contribution in [0.1, 0.15) is 30.9 Å². The zero-order chi connectivity index (χ0) is 16.8. The number of hydrogen-bond acceptors (Lipinski definition) is 4. The fraction of sp³-hybridized carbons (Fsp3) is 0.500. The number of fused-ring (bicyclic) bond motifs is 1. The zero-order valence-corrected chi connectivity index (χ0v) is 14.2. The Morgan fingerprint density at radius 2 is 2.17 bits per heavy atom. The summed E-state index contributed by atoms with van der Waals surface area (Å²) in [5.74, 6) is 0.0707. The summed E-state index contributed by atoms with van der Waals surface area (Å²) in [7, 11) is 0. The van der Waals surface area contributed by atoms with Gasteiger partial charge in [-0.15, -0.1) is 0 Å². The summed E-state index contributed by atoms with van der Waals surface area (Å²) in [4.78, 5) is 18.4. The molecule has 128 valence electrons. The summed E-state index contributed by atoms with van der Waals surface area (Å²) < 4.78 is 1.68. The number of aromatic nitrogens is 3. The van der Waals surface area contributed by atoms with Crippen LogP contribution in [0.25, 0.3) is 0 Å². The molecule has 0 spiro atoms. The van der Waals surface area contributed by atoms with Crippen LogP contribution in [0.4, 0.5) is 0 Å². The fourth-order valence-electron chi connectivity index (χ4n) is 3.25. The molecule has 1 aliphatic rings. The first kappa shape index (κ1) is 16.6. The number of benzene rings is 1. The fourth-order valence-corrected chi connectivity index (χ4v) is 3.25. The lowest BCUT2D eigenvalue weighted by Crippen LogP contribution is -2.45. The molecule has 0 radical (unpaired) electrons. The summed E-state index contributed by atoms with van der Waals surface area (Å²) in [5, 5.41) is 7.09. The van der Waals surface area contributed by atoms with Crippen molar-refractivity contribution in [2.24, 2.45) is 0 Å². The van der Waals surface area contributed by atoms with E-state index >= 15 is 0 Å². The highest BCUT2D eigenvalue weighted by Gasteiger charge is 2.22. The van der Waals surface area contributed by atoms with Gasteiger partial charge in [-0.3, -0.25) is 14.4 Å². The molecule has 0 saturated heterocycles. The van der Waals surface area contributed by atoms with Crippen molar-refractivity contribution in [1.29, 1.82) is 0 Å². The van der Waals surface area contributed by atoms with Gasteiger partial charge in [-0.1, -0.05) is 31.2 Å². The van der Waals surface area contributed by atoms with E-state index in [9.17, 15) is 4.79 Å². The van der Waals surface area contributed by atoms with E-state index in [1.54, 1.807) is 11.0 Å². The predicted octanol–water partition coefficient (Wildman–Crippen LogP) is 1.62. The normalized spacial score (nSPS) is 15.7. The van der Waals surface area contributed by atoms with E-state index in [0.29, 0.717) is 25.6 Å². The van der Waals surface area contributed by atoms with Gasteiger partial charge in [-0.05, 0) is 24.0 Å². The molecule has 1 aromatic carbocycles. The van der Waals surface area contributed by atoms with Gasteiger partial charge in [-0.25, -0.2) is 4.98 Å². The number of nitrogens with one attached hydrogen (secondary N) is 1. The van der Waals surface area contributed by atoms with Crippen LogP contribution in [-0.2, 0) is 24.3 Å². The Labute approximate surface area is 142 Å². The molecule has 6 heteroatoms. The van der Waals surface area contributed by atoms with Crippen LogP contribution in [0.3, 0.4) is 0 Å². The first-order valence-electron chi connectivity index (χ1n) is 8.66. The van der Waals surface area contributed by atoms with Crippen molar-refractivity contribution in [3.8, 4) is 0 Å². The number of nitrogens with zero attached hydrogens (tertiary/aromatic N) is 4. The second-order valence-corrected chi connectivity index (χ2v) is 6.26. The second-order valence-electron chi connectivity index (χ2n) is 6.26. The quantitative estimate of drug-likeness (QED) is 0.839. The van der Waals surface area contributed by atoms with E-state index in [-0.39, 0.29) is 5.91 Å². The molecular formula is C18H25N5O. The van der Waals surface area contributed by atoms with Gasteiger partial charge in [0.1, 0.15) is 12.7 Å². The van der Waals surface area contributed by atoms with Crippen molar-refractivity contribution >= 4 is 5.91 Å². The highest BCUT2D eigenvalue weighted by atomic mass is 16.1. The molecule has 0 aliphatic carbocycles. The molecule has 1 amide bonds. The van der Waals surface area contributed by atoms with Crippen molar-refractivity contribution < 1.29 is 4.79 Å². The average Bonchev–Trinajstić information content (AvgIpc) is 3.14. The Morgan fingerprint density at radius 3 is 2.92 bits per heavy atom. The van der Waals surface area contributed by atoms with Gasteiger partial charge in [-0.2, -0.15) is 5.10 Å². The molecule has 0 fully saturated rings. The average molecular weight is 327 g/mol. The molecule has 24 heavy (non-hydrogen) atoms. The van der Waals surface area contributed by atoms with Gasteiger partial charge in [0.05, 0.1) is 6.54 Å². The summed E-state index contributed by atoms with van der Waals surface area (Å²) in [6.07, 6.45) is 5.67. The highest BCUT2D eigenvalue weighted by molar-refractivity contribution is 5.75. The van der Waals surface area contributed by atoms with Gasteiger partial charge in [0.2, 0.25) is 5.91 Å². The van der Waals surface area contributed by atoms with Gasteiger partial charge < -0.3 is 5.32 Å². The van der Waals surface area contributed by atoms with Gasteiger partial charge in [0.15, 0.2) is 0 Å². The maximum atomic E-state index is 12.0. The van der Waals surface area contributed by atoms with Crippen LogP contribution in [-0.4, -0.2) is 44.7 Å². The van der Waals surface area contributed by atoms with Crippen LogP contribution in [0, 0.1) is 0 Å². The summed E-state index contributed by atoms with van der Waals surface area (Å²) >= 11 is 0. The molecule has 0 unspecified atom stereocenters. The third-order valence-corrected chi connectivity index (χ3v) is 4.72. The van der Waals surface area contributed by atoms with Crippen LogP contribution < -0.4 is 5.32 Å². The molecule has 6 nitrogen and oxygen atoms in total. The minimum Gasteiger partial charge on any atom is -0.354 e. The van der Waals surface area contributed by atoms with E-state index in [4.69, 9.17) is 0 Å². The lowest BCUT2D eigenvalue weighted by Gasteiger charge is -2.35. The molecule has 3 rings (SSSR count). The van der Waals surface area contributed by atoms with Crippen molar-refractivity contribution in [3.05, 3.63) is 48.0 Å². The number of aryl methyl sites for hydroxylation is 1. The van der Waals surface area contributed by atoms with Crippen molar-refractivity contribution in [3.63, 3.8) is 0 Å². The standard InChI is InChI=1S/C18H25N5O/c1-2-17(11-20-18(24)8-10-23-14-19-13-21-23)22-9-7-15-5-3-4-6-16(15)12-22/h3-6,13-14,17H,2,7-12H2,1H3,(H,20,24)/t17-/m0/s1. The number of rotatable bonds is 7. The maximum Gasteiger partial charge on any atom is 0.221 e.